The van der Waals surface area contributed by atoms with Crippen molar-refractivity contribution in [3.63, 3.8) is 0 Å². The molecule has 6 heterocycles. The summed E-state index contributed by atoms with van der Waals surface area (Å²) in [6.45, 7) is 22.1. The van der Waals surface area contributed by atoms with Crippen molar-refractivity contribution in [2.75, 3.05) is 119 Å². The quantitative estimate of drug-likeness (QED) is 0.215. The first kappa shape index (κ1) is 72.6. The summed E-state index contributed by atoms with van der Waals surface area (Å²) in [6, 6.07) is 14.2. The van der Waals surface area contributed by atoms with E-state index in [0.717, 1.165) is 79.6 Å². The topological polar surface area (TPSA) is 168 Å². The molecule has 3 aliphatic rings. The SMILES string of the molecule is CC1=NCCOCCOCCN=C(C)c2cc(-c3cc4nc(c3)C(C)=NCCOCCOCCN=C4C)cc1n2.CC1=NCCOCCOCCN=C(C)c2cccc1n2.[Cl-].[Cl-].[Cl-].[Cl-].[Cl-].[Cl-].[Mn+2].[Mn+2]. The molecule has 68 heavy (non-hydrogen) atoms. The van der Waals surface area contributed by atoms with Crippen LogP contribution in [-0.4, -0.2) is 168 Å². The molecule has 3 aromatic rings. The first-order valence-corrected chi connectivity index (χ1v) is 20.8. The van der Waals surface area contributed by atoms with Crippen molar-refractivity contribution in [1.29, 1.82) is 0 Å². The predicted octanol–water partition coefficient (Wildman–Crippen LogP) is -12.8. The number of halogens is 6. The first-order valence-electron chi connectivity index (χ1n) is 20.8. The van der Waals surface area contributed by atoms with E-state index in [1.54, 1.807) is 0 Å². The third kappa shape index (κ3) is 25.9. The summed E-state index contributed by atoms with van der Waals surface area (Å²) in [6.07, 6.45) is 0. The van der Waals surface area contributed by atoms with E-state index in [-0.39, 0.29) is 109 Å². The van der Waals surface area contributed by atoms with E-state index in [4.69, 9.17) is 58.4 Å². The fraction of sp³-hybridized carbons (Fsp3) is 0.533. The molecular weight excluding hydrogens is 1090 g/mol. The molecule has 0 amide bonds. The van der Waals surface area contributed by atoms with Gasteiger partial charge in [0.25, 0.3) is 0 Å². The average Bonchev–Trinajstić information content (AvgIpc) is 3.27. The molecule has 0 atom stereocenters. The van der Waals surface area contributed by atoms with Crippen LogP contribution in [0.2, 0.25) is 0 Å². The Hall–Kier alpha value is -1.99. The van der Waals surface area contributed by atoms with E-state index in [2.05, 4.69) is 39.2 Å². The van der Waals surface area contributed by atoms with Gasteiger partial charge in [-0.05, 0) is 89.1 Å². The molecular formula is C45H61Cl6Mn2N9O6-2. The van der Waals surface area contributed by atoms with Crippen LogP contribution in [0.3, 0.4) is 0 Å². The van der Waals surface area contributed by atoms with Crippen molar-refractivity contribution >= 4 is 34.3 Å². The fourth-order valence-electron chi connectivity index (χ4n) is 6.09. The molecule has 0 fully saturated rings. The Morgan fingerprint density at radius 3 is 0.706 bits per heavy atom. The van der Waals surface area contributed by atoms with Crippen molar-refractivity contribution in [2.45, 2.75) is 41.5 Å². The molecule has 0 spiro atoms. The van der Waals surface area contributed by atoms with Gasteiger partial charge in [-0.15, -0.1) is 0 Å². The molecule has 3 aliphatic heterocycles. The number of ether oxygens (including phenoxy) is 6. The summed E-state index contributed by atoms with van der Waals surface area (Å²) in [5, 5.41) is 0. The molecule has 0 unspecified atom stereocenters. The number of hydrogen-bond donors (Lipinski definition) is 0. The zero-order valence-electron chi connectivity index (χ0n) is 39.3. The second-order valence-corrected chi connectivity index (χ2v) is 14.1. The Kier molecular flexibility index (Phi) is 44.4. The van der Waals surface area contributed by atoms with Crippen LogP contribution in [-0.2, 0) is 62.6 Å². The third-order valence-corrected chi connectivity index (χ3v) is 9.58. The molecule has 0 saturated carbocycles. The standard InChI is InChI=1S/C30H40N6O4.C15H21N3O2.6ClH.2Mn/c1-21-27-17-25(18-28(35-27)22(2)32-6-10-38-14-13-37-9-5-31-21)26-19-29-23(3)33-7-11-39-15-16-40-12-8-34-24(4)30(20-26)36-29;1-12-14-4-3-5-15(18-14)13(2)17-7-9-20-11-10-19-8-6-16-12;;;;;;;;/h17-20H,5-16H2,1-4H3;3-5H,6-11H2,1-2H3;6*1H;;/q;;;;;;;;2*+2/p-6. The summed E-state index contributed by atoms with van der Waals surface area (Å²) in [5.41, 5.74) is 12.2. The number of hydrogen-bond acceptors (Lipinski definition) is 15. The van der Waals surface area contributed by atoms with Gasteiger partial charge in [0, 0.05) is 0 Å². The van der Waals surface area contributed by atoms with Crippen molar-refractivity contribution in [3.8, 4) is 11.1 Å². The van der Waals surface area contributed by atoms with Crippen LogP contribution in [0.1, 0.15) is 75.7 Å². The average molecular weight is 1150 g/mol. The van der Waals surface area contributed by atoms with E-state index < -0.39 is 0 Å². The normalized spacial score (nSPS) is 16.6. The molecule has 2 radical (unpaired) electrons. The number of fused-ring (bicyclic) bond motifs is 6. The maximum atomic E-state index is 5.64. The van der Waals surface area contributed by atoms with E-state index in [0.29, 0.717) is 119 Å². The largest absolute Gasteiger partial charge is 2.00 e. The van der Waals surface area contributed by atoms with Crippen LogP contribution in [0.5, 0.6) is 0 Å². The van der Waals surface area contributed by atoms with E-state index in [1.165, 1.54) is 0 Å². The molecule has 0 aromatic carbocycles. The maximum Gasteiger partial charge on any atom is 2.00 e. The summed E-state index contributed by atoms with van der Waals surface area (Å²) >= 11 is 0. The molecule has 6 bridgehead atoms. The minimum atomic E-state index is 0. The molecule has 23 heteroatoms. The Morgan fingerprint density at radius 1 is 0.294 bits per heavy atom. The van der Waals surface area contributed by atoms with Crippen molar-refractivity contribution in [3.05, 3.63) is 76.6 Å². The summed E-state index contributed by atoms with van der Waals surface area (Å²) in [7, 11) is 0. The number of pyridine rings is 3. The van der Waals surface area contributed by atoms with Gasteiger partial charge >= 0.3 is 34.1 Å². The van der Waals surface area contributed by atoms with Gasteiger partial charge in [-0.2, -0.15) is 0 Å². The van der Waals surface area contributed by atoms with Crippen LogP contribution < -0.4 is 74.4 Å². The van der Waals surface area contributed by atoms with Crippen molar-refractivity contribution in [1.82, 2.24) is 15.0 Å². The van der Waals surface area contributed by atoms with Crippen LogP contribution in [0.4, 0.5) is 0 Å². The van der Waals surface area contributed by atoms with Gasteiger partial charge in [0.05, 0.1) is 187 Å². The van der Waals surface area contributed by atoms with Gasteiger partial charge in [0.2, 0.25) is 0 Å². The predicted molar refractivity (Wildman–Crippen MR) is 239 cm³/mol. The smallest absolute Gasteiger partial charge is 1.00 e. The van der Waals surface area contributed by atoms with E-state index in [9.17, 15) is 0 Å². The Morgan fingerprint density at radius 2 is 0.485 bits per heavy atom. The number of rotatable bonds is 1. The Balaban J connectivity index is -0.000000631. The zero-order valence-corrected chi connectivity index (χ0v) is 46.2. The van der Waals surface area contributed by atoms with Gasteiger partial charge in [0.1, 0.15) is 0 Å². The van der Waals surface area contributed by atoms with Crippen LogP contribution in [0.25, 0.3) is 11.1 Å². The molecule has 0 N–H and O–H groups in total. The summed E-state index contributed by atoms with van der Waals surface area (Å²) in [4.78, 5) is 42.3. The van der Waals surface area contributed by atoms with Crippen molar-refractivity contribution < 1.29 is 137 Å². The van der Waals surface area contributed by atoms with Gasteiger partial charge < -0.3 is 103 Å². The minimum absolute atomic E-state index is 0. The van der Waals surface area contributed by atoms with Gasteiger partial charge in [0.15, 0.2) is 0 Å². The number of aliphatic imine (C=N–C) groups is 6. The monoisotopic (exact) mass is 1140 g/mol. The summed E-state index contributed by atoms with van der Waals surface area (Å²) in [5.74, 6) is 0. The van der Waals surface area contributed by atoms with E-state index in [1.807, 2.05) is 59.7 Å². The Bertz CT molecular complexity index is 1840. The number of aromatic nitrogens is 3. The van der Waals surface area contributed by atoms with Gasteiger partial charge in [-0.25, -0.2) is 15.0 Å². The molecule has 0 aliphatic carbocycles. The summed E-state index contributed by atoms with van der Waals surface area (Å²) < 4.78 is 33.4. The number of nitrogens with zero attached hydrogens (tertiary/aromatic N) is 9. The first-order chi connectivity index (χ1) is 29.3. The molecule has 15 nitrogen and oxygen atoms in total. The van der Waals surface area contributed by atoms with Crippen LogP contribution >= 0.6 is 0 Å². The van der Waals surface area contributed by atoms with Crippen molar-refractivity contribution in [2.24, 2.45) is 30.0 Å². The third-order valence-electron chi connectivity index (χ3n) is 9.58. The van der Waals surface area contributed by atoms with Crippen LogP contribution in [0, 0.1) is 0 Å². The van der Waals surface area contributed by atoms with Gasteiger partial charge in [-0.1, -0.05) is 6.07 Å². The second kappa shape index (κ2) is 41.6. The van der Waals surface area contributed by atoms with Gasteiger partial charge in [-0.3, -0.25) is 30.0 Å². The fourth-order valence-corrected chi connectivity index (χ4v) is 6.09. The van der Waals surface area contributed by atoms with E-state index >= 15 is 0 Å². The van der Waals surface area contributed by atoms with Crippen LogP contribution in [0.15, 0.2) is 72.4 Å². The molecule has 380 valence electrons. The molecule has 0 saturated heterocycles. The second-order valence-electron chi connectivity index (χ2n) is 14.1. The Labute approximate surface area is 460 Å². The molecule has 6 rings (SSSR count). The molecule has 3 aromatic heterocycles. The zero-order chi connectivity index (χ0) is 42.4. The minimum Gasteiger partial charge on any atom is -1.00 e. The maximum absolute atomic E-state index is 5.64.